The van der Waals surface area contributed by atoms with Gasteiger partial charge in [0.1, 0.15) is 0 Å². The molecule has 0 aliphatic heterocycles. The van der Waals surface area contributed by atoms with E-state index in [0.717, 1.165) is 6.07 Å². The number of hydrogen-bond acceptors (Lipinski definition) is 1. The van der Waals surface area contributed by atoms with Crippen molar-refractivity contribution in [3.05, 3.63) is 35.4 Å². The topological polar surface area (TPSA) is 29.1 Å². The van der Waals surface area contributed by atoms with E-state index in [2.05, 4.69) is 17.2 Å². The van der Waals surface area contributed by atoms with Crippen molar-refractivity contribution in [2.75, 3.05) is 6.54 Å². The molecule has 1 amide bonds. The zero-order chi connectivity index (χ0) is 12.7. The molecule has 1 rings (SSSR count). The molecule has 0 saturated carbocycles. The highest BCUT2D eigenvalue weighted by Crippen LogP contribution is 2.11. The first-order valence-electron chi connectivity index (χ1n) is 5.24. The molecule has 1 N–H and O–H groups in total. The van der Waals surface area contributed by atoms with Gasteiger partial charge in [-0.2, -0.15) is 0 Å². The molecule has 0 heterocycles. The average Bonchev–Trinajstić information content (AvgIpc) is 2.31. The molecule has 0 radical (unpaired) electrons. The number of halogens is 2. The van der Waals surface area contributed by atoms with E-state index in [1.807, 2.05) is 0 Å². The quantitative estimate of drug-likeness (QED) is 0.630. The predicted molar refractivity (Wildman–Crippen MR) is 61.1 cm³/mol. The summed E-state index contributed by atoms with van der Waals surface area (Å²) in [5, 5.41) is 2.58. The van der Waals surface area contributed by atoms with Crippen LogP contribution >= 0.6 is 0 Å². The third-order valence-corrected chi connectivity index (χ3v) is 2.13. The van der Waals surface area contributed by atoms with Crippen LogP contribution in [0, 0.1) is 23.5 Å². The number of carbonyl (C=O) groups excluding carboxylic acids is 1. The molecule has 17 heavy (non-hydrogen) atoms. The fourth-order valence-corrected chi connectivity index (χ4v) is 1.31. The Morgan fingerprint density at radius 1 is 1.41 bits per heavy atom. The first-order chi connectivity index (χ1) is 8.15. The molecule has 0 atom stereocenters. The first-order valence-corrected chi connectivity index (χ1v) is 5.24. The van der Waals surface area contributed by atoms with Gasteiger partial charge in [-0.3, -0.25) is 4.79 Å². The lowest BCUT2D eigenvalue weighted by Crippen LogP contribution is -2.26. The highest BCUT2D eigenvalue weighted by Gasteiger charge is 2.10. The van der Waals surface area contributed by atoms with Crippen molar-refractivity contribution in [1.29, 1.82) is 0 Å². The number of nitrogens with one attached hydrogen (secondary N) is 1. The van der Waals surface area contributed by atoms with Crippen molar-refractivity contribution in [3.8, 4) is 11.8 Å². The van der Waals surface area contributed by atoms with Gasteiger partial charge in [-0.15, -0.1) is 11.8 Å². The van der Waals surface area contributed by atoms with Crippen molar-refractivity contribution in [1.82, 2.24) is 5.32 Å². The van der Waals surface area contributed by atoms with Gasteiger partial charge in [-0.25, -0.2) is 8.78 Å². The van der Waals surface area contributed by atoms with E-state index < -0.39 is 11.6 Å². The fourth-order valence-electron chi connectivity index (χ4n) is 1.31. The van der Waals surface area contributed by atoms with Crippen molar-refractivity contribution in [2.24, 2.45) is 0 Å². The second kappa shape index (κ2) is 6.64. The van der Waals surface area contributed by atoms with Gasteiger partial charge in [0.25, 0.3) is 0 Å². The number of amides is 1. The summed E-state index contributed by atoms with van der Waals surface area (Å²) in [5.74, 6) is 3.25. The molecule has 0 aromatic heterocycles. The summed E-state index contributed by atoms with van der Waals surface area (Å²) in [4.78, 5) is 11.4. The molecule has 1 aromatic carbocycles. The van der Waals surface area contributed by atoms with Crippen molar-refractivity contribution >= 4 is 5.91 Å². The number of hydrogen-bond donors (Lipinski definition) is 1. The SMILES string of the molecule is CC#CCCNC(=O)Cc1cccc(F)c1F. The zero-order valence-corrected chi connectivity index (χ0v) is 9.52. The summed E-state index contributed by atoms with van der Waals surface area (Å²) >= 11 is 0. The van der Waals surface area contributed by atoms with Gasteiger partial charge < -0.3 is 5.32 Å². The molecule has 0 unspecified atom stereocenters. The fraction of sp³-hybridized carbons (Fsp3) is 0.308. The molecule has 4 heteroatoms. The lowest BCUT2D eigenvalue weighted by atomic mass is 10.1. The highest BCUT2D eigenvalue weighted by atomic mass is 19.2. The maximum atomic E-state index is 13.2. The van der Waals surface area contributed by atoms with Crippen molar-refractivity contribution < 1.29 is 13.6 Å². The van der Waals surface area contributed by atoms with E-state index in [1.165, 1.54) is 12.1 Å². The van der Waals surface area contributed by atoms with Gasteiger partial charge >= 0.3 is 0 Å². The Labute approximate surface area is 99.0 Å². The van der Waals surface area contributed by atoms with Gasteiger partial charge in [0.2, 0.25) is 5.91 Å². The lowest BCUT2D eigenvalue weighted by molar-refractivity contribution is -0.120. The van der Waals surface area contributed by atoms with Crippen molar-refractivity contribution in [3.63, 3.8) is 0 Å². The van der Waals surface area contributed by atoms with Crippen LogP contribution in [0.5, 0.6) is 0 Å². The van der Waals surface area contributed by atoms with Crippen LogP contribution in [-0.2, 0) is 11.2 Å². The van der Waals surface area contributed by atoms with Gasteiger partial charge in [0.15, 0.2) is 11.6 Å². The first kappa shape index (κ1) is 13.2. The Kier molecular flexibility index (Phi) is 5.15. The molecule has 1 aromatic rings. The Morgan fingerprint density at radius 2 is 2.18 bits per heavy atom. The Bertz CT molecular complexity index is 460. The van der Waals surface area contributed by atoms with E-state index in [9.17, 15) is 13.6 Å². The van der Waals surface area contributed by atoms with Crippen molar-refractivity contribution in [2.45, 2.75) is 19.8 Å². The summed E-state index contributed by atoms with van der Waals surface area (Å²) in [6.45, 7) is 2.13. The van der Waals surface area contributed by atoms with Crippen LogP contribution in [0.2, 0.25) is 0 Å². The largest absolute Gasteiger partial charge is 0.355 e. The van der Waals surface area contributed by atoms with Crippen LogP contribution < -0.4 is 5.32 Å². The minimum absolute atomic E-state index is 0.0593. The smallest absolute Gasteiger partial charge is 0.224 e. The standard InChI is InChI=1S/C13H13F2NO/c1-2-3-4-8-16-12(17)9-10-6-5-7-11(14)13(10)15/h5-7H,4,8-9H2,1H3,(H,16,17). The van der Waals surface area contributed by atoms with Crippen LogP contribution in [0.4, 0.5) is 8.78 Å². The molecular formula is C13H13F2NO. The van der Waals surface area contributed by atoms with Crippen LogP contribution in [-0.4, -0.2) is 12.5 Å². The van der Waals surface area contributed by atoms with E-state index >= 15 is 0 Å². The summed E-state index contributed by atoms with van der Waals surface area (Å²) in [6.07, 6.45) is 0.386. The number of carbonyl (C=O) groups is 1. The molecule has 0 aliphatic carbocycles. The van der Waals surface area contributed by atoms with Crippen LogP contribution in [0.25, 0.3) is 0 Å². The Morgan fingerprint density at radius 3 is 2.88 bits per heavy atom. The maximum absolute atomic E-state index is 13.2. The van der Waals surface area contributed by atoms with Gasteiger partial charge in [0.05, 0.1) is 6.42 Å². The van der Waals surface area contributed by atoms with Crippen LogP contribution in [0.3, 0.4) is 0 Å². The monoisotopic (exact) mass is 237 g/mol. The molecule has 0 saturated heterocycles. The molecular weight excluding hydrogens is 224 g/mol. The van der Waals surface area contributed by atoms with Gasteiger partial charge in [-0.1, -0.05) is 12.1 Å². The molecule has 0 fully saturated rings. The molecule has 0 bridgehead atoms. The molecule has 0 aliphatic rings. The van der Waals surface area contributed by atoms with Gasteiger partial charge in [-0.05, 0) is 13.0 Å². The highest BCUT2D eigenvalue weighted by molar-refractivity contribution is 5.78. The summed E-state index contributed by atoms with van der Waals surface area (Å²) < 4.78 is 26.1. The minimum atomic E-state index is -0.962. The third kappa shape index (κ3) is 4.23. The molecule has 0 spiro atoms. The Balaban J connectivity index is 2.50. The van der Waals surface area contributed by atoms with Crippen LogP contribution in [0.1, 0.15) is 18.9 Å². The zero-order valence-electron chi connectivity index (χ0n) is 9.52. The third-order valence-electron chi connectivity index (χ3n) is 2.13. The molecule has 2 nitrogen and oxygen atoms in total. The van der Waals surface area contributed by atoms with E-state index in [0.29, 0.717) is 13.0 Å². The predicted octanol–water partition coefficient (Wildman–Crippen LogP) is 2.04. The average molecular weight is 237 g/mol. The summed E-state index contributed by atoms with van der Waals surface area (Å²) in [5.41, 5.74) is 0.0593. The maximum Gasteiger partial charge on any atom is 0.224 e. The van der Waals surface area contributed by atoms with E-state index in [-0.39, 0.29) is 17.9 Å². The number of rotatable bonds is 4. The van der Waals surface area contributed by atoms with E-state index in [4.69, 9.17) is 0 Å². The number of benzene rings is 1. The van der Waals surface area contributed by atoms with Gasteiger partial charge in [0, 0.05) is 18.5 Å². The lowest BCUT2D eigenvalue weighted by Gasteiger charge is -2.04. The molecule has 90 valence electrons. The van der Waals surface area contributed by atoms with E-state index in [1.54, 1.807) is 6.92 Å². The van der Waals surface area contributed by atoms with Crippen LogP contribution in [0.15, 0.2) is 18.2 Å². The Hall–Kier alpha value is -1.89. The normalized spacial score (nSPS) is 9.35. The summed E-state index contributed by atoms with van der Waals surface area (Å²) in [7, 11) is 0. The summed E-state index contributed by atoms with van der Waals surface area (Å²) in [6, 6.07) is 3.79. The minimum Gasteiger partial charge on any atom is -0.355 e. The second-order valence-corrected chi connectivity index (χ2v) is 3.42. The second-order valence-electron chi connectivity index (χ2n) is 3.42.